The molecule has 0 amide bonds. The predicted molar refractivity (Wildman–Crippen MR) is 171 cm³/mol. The lowest BCUT2D eigenvalue weighted by Crippen LogP contribution is -2.29. The lowest BCUT2D eigenvalue weighted by molar-refractivity contribution is 1.55. The van der Waals surface area contributed by atoms with Gasteiger partial charge in [0.25, 0.3) is 0 Å². The molecule has 0 aliphatic rings. The van der Waals surface area contributed by atoms with Crippen molar-refractivity contribution >= 4 is 53.9 Å². The van der Waals surface area contributed by atoms with E-state index in [0.717, 1.165) is 0 Å². The summed E-state index contributed by atoms with van der Waals surface area (Å²) in [7, 11) is 0. The minimum absolute atomic E-state index is 0.295. The molecule has 0 aromatic heterocycles. The second-order valence-corrected chi connectivity index (χ2v) is 9.54. The standard InChI is InChI=1S/C40O10/c41-31-21-11-1-2-12-22-24(34(44)32(22)42)14-5-6-16-26-28(38(48)36(26)46)18-9-10-20-30-29(39(49)40(30)50)19-8-7-17-27-25(35(45)37(27)47)15-4-3-13-23(21)33(31)43. The summed E-state index contributed by atoms with van der Waals surface area (Å²) in [6.45, 7) is 0. The zero-order valence-corrected chi connectivity index (χ0v) is 24.1. The van der Waals surface area contributed by atoms with Gasteiger partial charge in [0.1, 0.15) is 0 Å². The first kappa shape index (κ1) is 31.0. The molecule has 0 atom stereocenters. The van der Waals surface area contributed by atoms with Gasteiger partial charge in [-0.3, -0.25) is 47.9 Å². The van der Waals surface area contributed by atoms with Crippen molar-refractivity contribution in [2.45, 2.75) is 0 Å². The van der Waals surface area contributed by atoms with Crippen molar-refractivity contribution in [2.24, 2.45) is 0 Å². The highest BCUT2D eigenvalue weighted by Gasteiger charge is 2.12. The van der Waals surface area contributed by atoms with E-state index in [4.69, 9.17) is 0 Å². The van der Waals surface area contributed by atoms with Gasteiger partial charge in [-0.1, -0.05) is 0 Å². The Morgan fingerprint density at radius 1 is 0.160 bits per heavy atom. The molecule has 6 rings (SSSR count). The molecule has 0 fully saturated rings. The number of rotatable bonds is 0. The first-order valence-corrected chi connectivity index (χ1v) is 13.3. The number of hydrogen-bond donors (Lipinski definition) is 0. The van der Waals surface area contributed by atoms with E-state index >= 15 is 0 Å². The SMILES string of the molecule is O=c1c(=O)c2c#cc#cc3c(=O)c(=O)c3c#cc#cc3c(=O)c(=O)c3c#cc#cc3c(=O)c(=O)c3c#cc#cc3c(=O)c(=O)c3c#cc#cc12. The summed E-state index contributed by atoms with van der Waals surface area (Å²) < 4.78 is 0. The summed E-state index contributed by atoms with van der Waals surface area (Å²) in [5.74, 6) is 0. The molecule has 0 N–H and O–H groups in total. The Morgan fingerprint density at radius 2 is 0.240 bits per heavy atom. The molecule has 10 nitrogen and oxygen atoms in total. The molecule has 50 heavy (non-hydrogen) atoms. The quantitative estimate of drug-likeness (QED) is 0.172. The van der Waals surface area contributed by atoms with Crippen LogP contribution in [0.5, 0.6) is 0 Å². The predicted octanol–water partition coefficient (Wildman–Crippen LogP) is -1.82. The summed E-state index contributed by atoms with van der Waals surface area (Å²) in [5, 5.41) is -2.95. The second kappa shape index (κ2) is 12.1. The van der Waals surface area contributed by atoms with Crippen LogP contribution in [0.3, 0.4) is 0 Å². The maximum Gasteiger partial charge on any atom is 0.244 e. The van der Waals surface area contributed by atoms with Gasteiger partial charge in [-0.15, -0.1) is 0 Å². The van der Waals surface area contributed by atoms with Crippen LogP contribution < -0.4 is 54.3 Å². The van der Waals surface area contributed by atoms with Crippen molar-refractivity contribution in [3.05, 3.63) is 224 Å². The highest BCUT2D eigenvalue weighted by Crippen LogP contribution is 1.98. The minimum Gasteiger partial charge on any atom is -0.284 e. The molecule has 0 unspecified atom stereocenters. The summed E-state index contributed by atoms with van der Waals surface area (Å²) >= 11 is 0. The lowest BCUT2D eigenvalue weighted by atomic mass is 10.1. The molecule has 6 aromatic rings. The van der Waals surface area contributed by atoms with Gasteiger partial charge >= 0.3 is 0 Å². The van der Waals surface area contributed by atoms with Crippen LogP contribution in [0.15, 0.2) is 47.9 Å². The van der Waals surface area contributed by atoms with Gasteiger partial charge in [-0.25, -0.2) is 0 Å². The van der Waals surface area contributed by atoms with E-state index in [2.05, 4.69) is 121 Å². The Kier molecular flexibility index (Phi) is 7.48. The van der Waals surface area contributed by atoms with Crippen molar-refractivity contribution in [3.8, 4) is 0 Å². The summed E-state index contributed by atoms with van der Waals surface area (Å²) in [5.41, 5.74) is -9.57. The molecule has 6 aromatic carbocycles. The van der Waals surface area contributed by atoms with Gasteiger partial charge in [0.05, 0.1) is 53.9 Å². The van der Waals surface area contributed by atoms with Crippen LogP contribution in [0.4, 0.5) is 0 Å². The smallest absolute Gasteiger partial charge is 0.244 e. The zero-order chi connectivity index (χ0) is 35.7. The summed E-state index contributed by atoms with van der Waals surface area (Å²) in [6.07, 6.45) is 0. The fraction of sp³-hybridized carbons (Fsp3) is 0. The third-order valence-electron chi connectivity index (χ3n) is 6.74. The van der Waals surface area contributed by atoms with Crippen LogP contribution in [-0.2, 0) is 0 Å². The topological polar surface area (TPSA) is 171 Å². The van der Waals surface area contributed by atoms with Gasteiger partial charge in [0, 0.05) is 0 Å². The summed E-state index contributed by atoms with van der Waals surface area (Å²) in [4.78, 5) is 120. The van der Waals surface area contributed by atoms with E-state index in [0.29, 0.717) is 0 Å². The van der Waals surface area contributed by atoms with Crippen molar-refractivity contribution in [1.82, 2.24) is 0 Å². The Balaban J connectivity index is 1.55. The van der Waals surface area contributed by atoms with Gasteiger partial charge in [0.15, 0.2) is 0 Å². The third kappa shape index (κ3) is 5.01. The molecule has 0 aliphatic carbocycles. The van der Waals surface area contributed by atoms with Crippen LogP contribution in [0.1, 0.15) is 0 Å². The minimum atomic E-state index is -0.957. The molecule has 0 bridgehead atoms. The Labute approximate surface area is 277 Å². The average molecular weight is 640 g/mol. The van der Waals surface area contributed by atoms with Crippen LogP contribution in [-0.4, -0.2) is 0 Å². The van der Waals surface area contributed by atoms with Crippen molar-refractivity contribution < 1.29 is 0 Å². The Morgan fingerprint density at radius 3 is 0.320 bits per heavy atom. The summed E-state index contributed by atoms with van der Waals surface area (Å²) in [6, 6.07) is 46.0. The van der Waals surface area contributed by atoms with Crippen molar-refractivity contribution in [1.29, 1.82) is 0 Å². The van der Waals surface area contributed by atoms with Crippen LogP contribution in [0, 0.1) is 121 Å². The molecule has 220 valence electrons. The fourth-order valence-electron chi connectivity index (χ4n) is 4.09. The van der Waals surface area contributed by atoms with Crippen molar-refractivity contribution in [2.75, 3.05) is 0 Å². The van der Waals surface area contributed by atoms with Gasteiger partial charge < -0.3 is 0 Å². The van der Waals surface area contributed by atoms with E-state index in [1.165, 1.54) is 0 Å². The van der Waals surface area contributed by atoms with Crippen LogP contribution in [0.25, 0.3) is 53.9 Å². The second-order valence-electron chi connectivity index (χ2n) is 9.54. The van der Waals surface area contributed by atoms with Gasteiger partial charge in [0.2, 0.25) is 54.3 Å². The largest absolute Gasteiger partial charge is 0.284 e. The molecule has 0 heterocycles. The molecular formula is C40O10. The molecule has 0 spiro atoms. The monoisotopic (exact) mass is 640 g/mol. The Bertz CT molecular complexity index is 2530. The first-order chi connectivity index (χ1) is 24.0. The first-order valence-electron chi connectivity index (χ1n) is 13.3. The van der Waals surface area contributed by atoms with E-state index in [1.807, 2.05) is 0 Å². The van der Waals surface area contributed by atoms with E-state index in [-0.39, 0.29) is 53.9 Å². The molecule has 10 heteroatoms. The maximum atomic E-state index is 12.0. The molecule has 0 radical (unpaired) electrons. The normalized spacial score (nSPS) is 9.20. The van der Waals surface area contributed by atoms with Crippen LogP contribution >= 0.6 is 0 Å². The molecule has 0 saturated carbocycles. The molecule has 0 aliphatic heterocycles. The average Bonchev–Trinajstić information content (AvgIpc) is 3.13. The zero-order valence-electron chi connectivity index (χ0n) is 24.1. The fourth-order valence-corrected chi connectivity index (χ4v) is 4.09. The third-order valence-corrected chi connectivity index (χ3v) is 6.74. The highest BCUT2D eigenvalue weighted by molar-refractivity contribution is 5.86. The molecular weight excluding hydrogens is 640 g/mol. The van der Waals surface area contributed by atoms with Crippen molar-refractivity contribution in [3.63, 3.8) is 0 Å². The van der Waals surface area contributed by atoms with Gasteiger partial charge in [-0.05, 0) is 121 Å². The number of fused-ring (bicyclic) bond motifs is 5. The van der Waals surface area contributed by atoms with E-state index < -0.39 is 54.3 Å². The highest BCUT2D eigenvalue weighted by atomic mass is 16.2. The molecule has 0 saturated heterocycles. The number of hydrogen-bond acceptors (Lipinski definition) is 10. The van der Waals surface area contributed by atoms with Gasteiger partial charge in [-0.2, -0.15) is 0 Å². The van der Waals surface area contributed by atoms with E-state index in [9.17, 15) is 47.9 Å². The van der Waals surface area contributed by atoms with E-state index in [1.54, 1.807) is 0 Å². The maximum absolute atomic E-state index is 12.0. The van der Waals surface area contributed by atoms with Crippen LogP contribution in [0.2, 0.25) is 0 Å². The lowest BCUT2D eigenvalue weighted by Gasteiger charge is -1.86. The Hall–Kier alpha value is -9.00.